The van der Waals surface area contributed by atoms with Gasteiger partial charge in [-0.25, -0.2) is 9.97 Å². The van der Waals surface area contributed by atoms with Gasteiger partial charge in [0.2, 0.25) is 5.91 Å². The molecule has 30 heavy (non-hydrogen) atoms. The standard InChI is InChI=1S/C22H18ClN5O2/c1-14(29)26-16-9-7-15(8-10-16)20-11-25-21-12-24-18(13-28(20)21)22(30)27(2)19-6-4-3-5-17(19)23/h3-13H,1-2H3,(H,26,29). The Morgan fingerprint density at radius 1 is 1.03 bits per heavy atom. The number of nitrogens with one attached hydrogen (secondary N) is 1. The lowest BCUT2D eigenvalue weighted by atomic mass is 10.1. The molecule has 0 spiro atoms. The molecule has 0 saturated carbocycles. The Labute approximate surface area is 177 Å². The molecule has 2 aromatic heterocycles. The number of hydrogen-bond acceptors (Lipinski definition) is 4. The van der Waals surface area contributed by atoms with Crippen LogP contribution in [0.5, 0.6) is 0 Å². The molecule has 4 rings (SSSR count). The first-order chi connectivity index (χ1) is 14.4. The summed E-state index contributed by atoms with van der Waals surface area (Å²) in [4.78, 5) is 34.3. The van der Waals surface area contributed by atoms with Crippen molar-refractivity contribution in [2.24, 2.45) is 0 Å². The summed E-state index contributed by atoms with van der Waals surface area (Å²) in [5, 5.41) is 3.22. The zero-order valence-corrected chi connectivity index (χ0v) is 17.1. The second-order valence-electron chi connectivity index (χ2n) is 6.72. The molecule has 0 saturated heterocycles. The first-order valence-electron chi connectivity index (χ1n) is 9.18. The zero-order valence-electron chi connectivity index (χ0n) is 16.3. The summed E-state index contributed by atoms with van der Waals surface area (Å²) in [6.07, 6.45) is 4.94. The highest BCUT2D eigenvalue weighted by Gasteiger charge is 2.18. The van der Waals surface area contributed by atoms with Crippen molar-refractivity contribution in [1.82, 2.24) is 14.4 Å². The molecule has 0 radical (unpaired) electrons. The van der Waals surface area contributed by atoms with E-state index in [9.17, 15) is 9.59 Å². The van der Waals surface area contributed by atoms with Crippen LogP contribution in [0.2, 0.25) is 5.02 Å². The smallest absolute Gasteiger partial charge is 0.278 e. The second kappa shape index (κ2) is 7.96. The van der Waals surface area contributed by atoms with Crippen LogP contribution >= 0.6 is 11.6 Å². The van der Waals surface area contributed by atoms with Gasteiger partial charge in [-0.2, -0.15) is 0 Å². The lowest BCUT2D eigenvalue weighted by Gasteiger charge is -2.18. The van der Waals surface area contributed by atoms with E-state index < -0.39 is 0 Å². The Morgan fingerprint density at radius 3 is 2.47 bits per heavy atom. The van der Waals surface area contributed by atoms with Gasteiger partial charge < -0.3 is 10.2 Å². The number of carbonyl (C=O) groups excluding carboxylic acids is 2. The van der Waals surface area contributed by atoms with Crippen molar-refractivity contribution in [3.63, 3.8) is 0 Å². The Hall–Kier alpha value is -3.71. The summed E-state index contributed by atoms with van der Waals surface area (Å²) in [6.45, 7) is 1.46. The maximum Gasteiger partial charge on any atom is 0.278 e. The van der Waals surface area contributed by atoms with Crippen LogP contribution in [0.1, 0.15) is 17.4 Å². The lowest BCUT2D eigenvalue weighted by Crippen LogP contribution is -2.27. The van der Waals surface area contributed by atoms with Crippen molar-refractivity contribution in [3.8, 4) is 11.3 Å². The fourth-order valence-corrected chi connectivity index (χ4v) is 3.41. The molecule has 1 N–H and O–H groups in total. The predicted molar refractivity (Wildman–Crippen MR) is 117 cm³/mol. The van der Waals surface area contributed by atoms with Gasteiger partial charge in [-0.3, -0.25) is 14.0 Å². The number of carbonyl (C=O) groups is 2. The first kappa shape index (κ1) is 19.6. The predicted octanol–water partition coefficient (Wildman–Crippen LogP) is 4.28. The molecule has 0 aliphatic carbocycles. The maximum atomic E-state index is 13.0. The number of halogens is 1. The third-order valence-electron chi connectivity index (χ3n) is 4.63. The average Bonchev–Trinajstić information content (AvgIpc) is 3.16. The molecule has 0 aliphatic rings. The Balaban J connectivity index is 1.68. The van der Waals surface area contributed by atoms with E-state index in [0.29, 0.717) is 22.0 Å². The molecule has 0 atom stereocenters. The number of anilines is 2. The fraction of sp³-hybridized carbons (Fsp3) is 0.0909. The summed E-state index contributed by atoms with van der Waals surface area (Å²) in [7, 11) is 1.66. The van der Waals surface area contributed by atoms with E-state index in [0.717, 1.165) is 11.3 Å². The van der Waals surface area contributed by atoms with Gasteiger partial charge >= 0.3 is 0 Å². The molecule has 0 bridgehead atoms. The molecule has 2 aromatic carbocycles. The Kier molecular flexibility index (Phi) is 5.20. The highest BCUT2D eigenvalue weighted by molar-refractivity contribution is 6.34. The summed E-state index contributed by atoms with van der Waals surface area (Å²) >= 11 is 6.22. The van der Waals surface area contributed by atoms with E-state index >= 15 is 0 Å². The maximum absolute atomic E-state index is 13.0. The van der Waals surface area contributed by atoms with Gasteiger partial charge in [0, 0.05) is 31.4 Å². The van der Waals surface area contributed by atoms with Crippen molar-refractivity contribution in [2.75, 3.05) is 17.3 Å². The molecule has 150 valence electrons. The second-order valence-corrected chi connectivity index (χ2v) is 7.13. The summed E-state index contributed by atoms with van der Waals surface area (Å²) in [6, 6.07) is 14.5. The lowest BCUT2D eigenvalue weighted by molar-refractivity contribution is -0.114. The number of amides is 2. The van der Waals surface area contributed by atoms with Gasteiger partial charge in [0.15, 0.2) is 5.65 Å². The van der Waals surface area contributed by atoms with E-state index in [2.05, 4.69) is 15.3 Å². The normalized spacial score (nSPS) is 10.8. The molecule has 0 aliphatic heterocycles. The van der Waals surface area contributed by atoms with Crippen LogP contribution in [0.3, 0.4) is 0 Å². The van der Waals surface area contributed by atoms with Crippen LogP contribution in [-0.4, -0.2) is 33.2 Å². The van der Waals surface area contributed by atoms with Crippen LogP contribution in [0.4, 0.5) is 11.4 Å². The van der Waals surface area contributed by atoms with Crippen molar-refractivity contribution in [1.29, 1.82) is 0 Å². The Morgan fingerprint density at radius 2 is 1.77 bits per heavy atom. The molecule has 4 aromatic rings. The average molecular weight is 420 g/mol. The van der Waals surface area contributed by atoms with Gasteiger partial charge in [-0.15, -0.1) is 0 Å². The van der Waals surface area contributed by atoms with Gasteiger partial charge in [-0.1, -0.05) is 35.9 Å². The summed E-state index contributed by atoms with van der Waals surface area (Å²) < 4.78 is 1.81. The number of imidazole rings is 1. The van der Waals surface area contributed by atoms with E-state index in [1.54, 1.807) is 37.8 Å². The number of para-hydroxylation sites is 1. The van der Waals surface area contributed by atoms with Crippen LogP contribution in [0.25, 0.3) is 16.9 Å². The van der Waals surface area contributed by atoms with E-state index in [-0.39, 0.29) is 17.5 Å². The van der Waals surface area contributed by atoms with Crippen molar-refractivity contribution >= 4 is 40.4 Å². The quantitative estimate of drug-likeness (QED) is 0.535. The van der Waals surface area contributed by atoms with Crippen LogP contribution < -0.4 is 10.2 Å². The van der Waals surface area contributed by atoms with Gasteiger partial charge in [0.1, 0.15) is 5.69 Å². The minimum absolute atomic E-state index is 0.130. The van der Waals surface area contributed by atoms with E-state index in [4.69, 9.17) is 11.6 Å². The van der Waals surface area contributed by atoms with Gasteiger partial charge in [0.05, 0.1) is 28.8 Å². The molecular formula is C22H18ClN5O2. The Bertz CT molecular complexity index is 1250. The fourth-order valence-electron chi connectivity index (χ4n) is 3.15. The monoisotopic (exact) mass is 419 g/mol. The summed E-state index contributed by atoms with van der Waals surface area (Å²) in [5.41, 5.74) is 3.88. The molecule has 2 amide bonds. The third kappa shape index (κ3) is 3.75. The largest absolute Gasteiger partial charge is 0.326 e. The minimum atomic E-state index is -0.286. The van der Waals surface area contributed by atoms with Crippen molar-refractivity contribution in [3.05, 3.63) is 77.8 Å². The van der Waals surface area contributed by atoms with Crippen molar-refractivity contribution in [2.45, 2.75) is 6.92 Å². The van der Waals surface area contributed by atoms with Crippen LogP contribution in [0.15, 0.2) is 67.1 Å². The van der Waals surface area contributed by atoms with Crippen LogP contribution in [-0.2, 0) is 4.79 Å². The minimum Gasteiger partial charge on any atom is -0.326 e. The van der Waals surface area contributed by atoms with Crippen molar-refractivity contribution < 1.29 is 9.59 Å². The van der Waals surface area contributed by atoms with E-state index in [1.165, 1.54) is 11.8 Å². The first-order valence-corrected chi connectivity index (χ1v) is 9.55. The van der Waals surface area contributed by atoms with E-state index in [1.807, 2.05) is 40.8 Å². The topological polar surface area (TPSA) is 79.6 Å². The molecule has 7 nitrogen and oxygen atoms in total. The third-order valence-corrected chi connectivity index (χ3v) is 4.95. The SMILES string of the molecule is CC(=O)Nc1ccc(-c2cnc3cnc(C(=O)N(C)c4ccccc4Cl)cn23)cc1. The summed E-state index contributed by atoms with van der Waals surface area (Å²) in [5.74, 6) is -0.417. The number of fused-ring (bicyclic) bond motifs is 1. The van der Waals surface area contributed by atoms with Crippen LogP contribution in [0, 0.1) is 0 Å². The number of benzene rings is 2. The molecule has 8 heteroatoms. The highest BCUT2D eigenvalue weighted by Crippen LogP contribution is 2.26. The molecule has 0 fully saturated rings. The number of aromatic nitrogens is 3. The number of hydrogen-bond donors (Lipinski definition) is 1. The molecule has 0 unspecified atom stereocenters. The zero-order chi connectivity index (χ0) is 21.3. The molecule has 2 heterocycles. The number of nitrogens with zero attached hydrogens (tertiary/aromatic N) is 4. The van der Waals surface area contributed by atoms with Gasteiger partial charge in [0.25, 0.3) is 5.91 Å². The van der Waals surface area contributed by atoms with Gasteiger partial charge in [-0.05, 0) is 24.3 Å². The molecular weight excluding hydrogens is 402 g/mol. The highest BCUT2D eigenvalue weighted by atomic mass is 35.5. The number of rotatable bonds is 4.